The normalized spacial score (nSPS) is 20.6. The van der Waals surface area contributed by atoms with Crippen molar-refractivity contribution in [3.8, 4) is 0 Å². The third-order valence-electron chi connectivity index (χ3n) is 4.65. The van der Waals surface area contributed by atoms with E-state index >= 15 is 0 Å². The third kappa shape index (κ3) is 4.58. The zero-order chi connectivity index (χ0) is 15.6. The predicted molar refractivity (Wildman–Crippen MR) is 88.3 cm³/mol. The molecule has 120 valence electrons. The SMILES string of the molecule is Cc1oc(CNC(C)C)cc1CN1CCC(C(C)(C)C)C1. The number of hydrogen-bond donors (Lipinski definition) is 1. The van der Waals surface area contributed by atoms with Crippen LogP contribution in [0.3, 0.4) is 0 Å². The molecule has 0 bridgehead atoms. The molecule has 0 saturated carbocycles. The van der Waals surface area contributed by atoms with Gasteiger partial charge in [-0.1, -0.05) is 34.6 Å². The van der Waals surface area contributed by atoms with Gasteiger partial charge in [-0.25, -0.2) is 0 Å². The summed E-state index contributed by atoms with van der Waals surface area (Å²) in [5, 5.41) is 3.42. The molecule has 1 fully saturated rings. The number of nitrogens with zero attached hydrogens (tertiary/aromatic N) is 1. The van der Waals surface area contributed by atoms with Gasteiger partial charge in [0.25, 0.3) is 0 Å². The molecule has 1 aliphatic heterocycles. The highest BCUT2D eigenvalue weighted by Gasteiger charge is 2.31. The Kier molecular flexibility index (Phi) is 5.15. The van der Waals surface area contributed by atoms with E-state index < -0.39 is 0 Å². The second-order valence-electron chi connectivity index (χ2n) is 7.92. The van der Waals surface area contributed by atoms with E-state index in [1.54, 1.807) is 0 Å². The van der Waals surface area contributed by atoms with Gasteiger partial charge in [0.05, 0.1) is 6.54 Å². The third-order valence-corrected chi connectivity index (χ3v) is 4.65. The molecule has 0 aromatic carbocycles. The fraction of sp³-hybridized carbons (Fsp3) is 0.778. The number of rotatable bonds is 5. The molecule has 0 spiro atoms. The van der Waals surface area contributed by atoms with Crippen molar-refractivity contribution in [2.24, 2.45) is 11.3 Å². The lowest BCUT2D eigenvalue weighted by molar-refractivity contribution is 0.226. The molecule has 1 aromatic rings. The average Bonchev–Trinajstić information content (AvgIpc) is 2.95. The number of likely N-dealkylation sites (tertiary alicyclic amines) is 1. The fourth-order valence-corrected chi connectivity index (χ4v) is 3.06. The van der Waals surface area contributed by atoms with E-state index in [1.807, 2.05) is 0 Å². The summed E-state index contributed by atoms with van der Waals surface area (Å²) in [4.78, 5) is 2.58. The van der Waals surface area contributed by atoms with E-state index in [0.29, 0.717) is 11.5 Å². The van der Waals surface area contributed by atoms with E-state index in [1.165, 1.54) is 25.1 Å². The molecule has 3 heteroatoms. The van der Waals surface area contributed by atoms with Gasteiger partial charge in [0.15, 0.2) is 0 Å². The van der Waals surface area contributed by atoms with Crippen LogP contribution in [0.2, 0.25) is 0 Å². The maximum Gasteiger partial charge on any atom is 0.118 e. The molecule has 2 heterocycles. The van der Waals surface area contributed by atoms with Crippen molar-refractivity contribution in [2.45, 2.75) is 67.1 Å². The maximum absolute atomic E-state index is 5.88. The summed E-state index contributed by atoms with van der Waals surface area (Å²) < 4.78 is 5.88. The van der Waals surface area contributed by atoms with Crippen LogP contribution in [-0.4, -0.2) is 24.0 Å². The Morgan fingerprint density at radius 1 is 1.38 bits per heavy atom. The summed E-state index contributed by atoms with van der Waals surface area (Å²) >= 11 is 0. The number of aryl methyl sites for hydroxylation is 1. The van der Waals surface area contributed by atoms with Gasteiger partial charge >= 0.3 is 0 Å². The van der Waals surface area contributed by atoms with Crippen LogP contribution < -0.4 is 5.32 Å². The summed E-state index contributed by atoms with van der Waals surface area (Å²) in [7, 11) is 0. The van der Waals surface area contributed by atoms with Gasteiger partial charge in [-0.15, -0.1) is 0 Å². The average molecular weight is 292 g/mol. The number of nitrogens with one attached hydrogen (secondary N) is 1. The van der Waals surface area contributed by atoms with Crippen LogP contribution in [0.4, 0.5) is 0 Å². The van der Waals surface area contributed by atoms with Crippen molar-refractivity contribution in [3.63, 3.8) is 0 Å². The van der Waals surface area contributed by atoms with Crippen LogP contribution in [0.5, 0.6) is 0 Å². The van der Waals surface area contributed by atoms with E-state index in [9.17, 15) is 0 Å². The predicted octanol–water partition coefficient (Wildman–Crippen LogP) is 3.95. The van der Waals surface area contributed by atoms with Crippen LogP contribution in [0, 0.1) is 18.3 Å². The zero-order valence-electron chi connectivity index (χ0n) is 14.6. The molecule has 1 unspecified atom stereocenters. The summed E-state index contributed by atoms with van der Waals surface area (Å²) in [6.45, 7) is 17.8. The molecule has 1 N–H and O–H groups in total. The smallest absolute Gasteiger partial charge is 0.118 e. The minimum atomic E-state index is 0.423. The van der Waals surface area contributed by atoms with E-state index in [4.69, 9.17) is 4.42 Å². The second-order valence-corrected chi connectivity index (χ2v) is 7.92. The molecular formula is C18H32N2O. The number of furan rings is 1. The van der Waals surface area contributed by atoms with Gasteiger partial charge in [0, 0.05) is 24.7 Å². The van der Waals surface area contributed by atoms with Crippen molar-refractivity contribution in [3.05, 3.63) is 23.2 Å². The van der Waals surface area contributed by atoms with Crippen LogP contribution >= 0.6 is 0 Å². The van der Waals surface area contributed by atoms with Gasteiger partial charge in [0.2, 0.25) is 0 Å². The summed E-state index contributed by atoms with van der Waals surface area (Å²) in [6.07, 6.45) is 1.32. The first-order valence-corrected chi connectivity index (χ1v) is 8.29. The molecule has 1 atom stereocenters. The lowest BCUT2D eigenvalue weighted by atomic mass is 9.80. The molecule has 3 nitrogen and oxygen atoms in total. The lowest BCUT2D eigenvalue weighted by Crippen LogP contribution is -2.25. The second kappa shape index (κ2) is 6.53. The molecule has 1 saturated heterocycles. The first kappa shape index (κ1) is 16.6. The van der Waals surface area contributed by atoms with E-state index in [-0.39, 0.29) is 0 Å². The Labute approximate surface area is 130 Å². The van der Waals surface area contributed by atoms with Crippen molar-refractivity contribution in [2.75, 3.05) is 13.1 Å². The highest BCUT2D eigenvalue weighted by Crippen LogP contribution is 2.34. The topological polar surface area (TPSA) is 28.4 Å². The van der Waals surface area contributed by atoms with Gasteiger partial charge in [-0.3, -0.25) is 4.90 Å². The van der Waals surface area contributed by atoms with Gasteiger partial charge in [-0.05, 0) is 37.3 Å². The largest absolute Gasteiger partial charge is 0.465 e. The minimum Gasteiger partial charge on any atom is -0.465 e. The lowest BCUT2D eigenvalue weighted by Gasteiger charge is -2.27. The minimum absolute atomic E-state index is 0.423. The van der Waals surface area contributed by atoms with E-state index in [0.717, 1.165) is 30.5 Å². The van der Waals surface area contributed by atoms with Gasteiger partial charge < -0.3 is 9.73 Å². The van der Waals surface area contributed by atoms with Crippen LogP contribution in [0.25, 0.3) is 0 Å². The Morgan fingerprint density at radius 2 is 2.10 bits per heavy atom. The summed E-state index contributed by atoms with van der Waals surface area (Å²) in [5.74, 6) is 2.95. The molecule has 1 aromatic heterocycles. The quantitative estimate of drug-likeness (QED) is 0.890. The van der Waals surface area contributed by atoms with Crippen LogP contribution in [0.1, 0.15) is 58.1 Å². The maximum atomic E-state index is 5.88. The van der Waals surface area contributed by atoms with Crippen LogP contribution in [-0.2, 0) is 13.1 Å². The molecule has 1 aliphatic rings. The Hall–Kier alpha value is -0.800. The standard InChI is InChI=1S/C18H32N2O/c1-13(2)19-10-17-9-15(14(3)21-17)11-20-8-7-16(12-20)18(4,5)6/h9,13,16,19H,7-8,10-12H2,1-6H3. The highest BCUT2D eigenvalue weighted by molar-refractivity contribution is 5.21. The molecular weight excluding hydrogens is 260 g/mol. The molecule has 0 aliphatic carbocycles. The van der Waals surface area contributed by atoms with E-state index in [2.05, 4.69) is 57.8 Å². The Bertz CT molecular complexity index is 456. The fourth-order valence-electron chi connectivity index (χ4n) is 3.06. The van der Waals surface area contributed by atoms with Crippen molar-refractivity contribution >= 4 is 0 Å². The highest BCUT2D eigenvalue weighted by atomic mass is 16.3. The molecule has 21 heavy (non-hydrogen) atoms. The zero-order valence-corrected chi connectivity index (χ0v) is 14.6. The van der Waals surface area contributed by atoms with Crippen LogP contribution in [0.15, 0.2) is 10.5 Å². The molecule has 2 rings (SSSR count). The monoisotopic (exact) mass is 292 g/mol. The first-order chi connectivity index (χ1) is 9.75. The van der Waals surface area contributed by atoms with Gasteiger partial charge in [-0.2, -0.15) is 0 Å². The molecule has 0 radical (unpaired) electrons. The number of hydrogen-bond acceptors (Lipinski definition) is 3. The molecule has 0 amide bonds. The van der Waals surface area contributed by atoms with Gasteiger partial charge in [0.1, 0.15) is 11.5 Å². The van der Waals surface area contributed by atoms with Crippen molar-refractivity contribution < 1.29 is 4.42 Å². The Morgan fingerprint density at radius 3 is 2.67 bits per heavy atom. The Balaban J connectivity index is 1.92. The summed E-state index contributed by atoms with van der Waals surface area (Å²) in [5.41, 5.74) is 1.78. The van der Waals surface area contributed by atoms with Crippen molar-refractivity contribution in [1.29, 1.82) is 0 Å². The van der Waals surface area contributed by atoms with Crippen molar-refractivity contribution in [1.82, 2.24) is 10.2 Å². The first-order valence-electron chi connectivity index (χ1n) is 8.29. The summed E-state index contributed by atoms with van der Waals surface area (Å²) in [6, 6.07) is 2.72.